The lowest BCUT2D eigenvalue weighted by Gasteiger charge is -2.26. The van der Waals surface area contributed by atoms with Crippen molar-refractivity contribution in [1.29, 1.82) is 5.26 Å². The molecule has 1 aliphatic rings. The summed E-state index contributed by atoms with van der Waals surface area (Å²) in [7, 11) is 1.54. The number of rotatable bonds is 2. The largest absolute Gasteiger partial charge is 0.382 e. The molecule has 1 aliphatic heterocycles. The number of benzene rings is 1. The molecule has 1 aromatic carbocycles. The minimum atomic E-state index is -0.411. The van der Waals surface area contributed by atoms with Crippen LogP contribution in [0.4, 0.5) is 11.4 Å². The summed E-state index contributed by atoms with van der Waals surface area (Å²) in [6, 6.07) is 6.72. The third-order valence-electron chi connectivity index (χ3n) is 2.39. The molecule has 0 aromatic heterocycles. The average Bonchev–Trinajstić information content (AvgIpc) is 2.30. The normalized spacial score (nSPS) is 18.0. The fourth-order valence-corrected chi connectivity index (χ4v) is 1.60. The molecule has 1 atom stereocenters. The van der Waals surface area contributed by atoms with Gasteiger partial charge in [-0.15, -0.1) is 0 Å². The van der Waals surface area contributed by atoms with Crippen molar-refractivity contribution in [3.05, 3.63) is 23.8 Å². The van der Waals surface area contributed by atoms with Crippen LogP contribution in [-0.4, -0.2) is 25.7 Å². The molecule has 0 radical (unpaired) electrons. The number of carbonyl (C=O) groups excluding carboxylic acids is 1. The van der Waals surface area contributed by atoms with Gasteiger partial charge in [0.15, 0.2) is 0 Å². The second-order valence-corrected chi connectivity index (χ2v) is 3.51. The summed E-state index contributed by atoms with van der Waals surface area (Å²) >= 11 is 0. The number of ether oxygens (including phenoxy) is 1. The molecule has 0 saturated heterocycles. The first-order valence-electron chi connectivity index (χ1n) is 4.85. The van der Waals surface area contributed by atoms with Gasteiger partial charge in [0, 0.05) is 7.11 Å². The quantitative estimate of drug-likeness (QED) is 0.773. The lowest BCUT2D eigenvalue weighted by molar-refractivity contribution is -0.118. The maximum Gasteiger partial charge on any atom is 0.249 e. The van der Waals surface area contributed by atoms with Crippen molar-refractivity contribution in [2.24, 2.45) is 0 Å². The predicted molar refractivity (Wildman–Crippen MR) is 59.1 cm³/mol. The summed E-state index contributed by atoms with van der Waals surface area (Å²) < 4.78 is 4.93. The molecule has 5 nitrogen and oxygen atoms in total. The predicted octanol–water partition coefficient (Wildman–Crippen LogP) is 0.937. The van der Waals surface area contributed by atoms with E-state index in [2.05, 4.69) is 16.7 Å². The van der Waals surface area contributed by atoms with E-state index in [1.807, 2.05) is 0 Å². The Kier molecular flexibility index (Phi) is 2.75. The van der Waals surface area contributed by atoms with Gasteiger partial charge in [-0.25, -0.2) is 0 Å². The molecule has 2 N–H and O–H groups in total. The maximum atomic E-state index is 11.6. The lowest BCUT2D eigenvalue weighted by atomic mass is 10.1. The molecule has 1 aromatic rings. The number of fused-ring (bicyclic) bond motifs is 1. The van der Waals surface area contributed by atoms with Gasteiger partial charge in [-0.3, -0.25) is 4.79 Å². The van der Waals surface area contributed by atoms with Crippen LogP contribution in [0.5, 0.6) is 0 Å². The molecule has 16 heavy (non-hydrogen) atoms. The van der Waals surface area contributed by atoms with E-state index in [0.29, 0.717) is 17.9 Å². The van der Waals surface area contributed by atoms with Crippen molar-refractivity contribution in [2.45, 2.75) is 6.04 Å². The minimum absolute atomic E-state index is 0.126. The van der Waals surface area contributed by atoms with Gasteiger partial charge in [0.25, 0.3) is 0 Å². The summed E-state index contributed by atoms with van der Waals surface area (Å²) in [5.74, 6) is -0.126. The molecule has 1 amide bonds. The summed E-state index contributed by atoms with van der Waals surface area (Å²) in [4.78, 5) is 11.6. The van der Waals surface area contributed by atoms with Crippen LogP contribution >= 0.6 is 0 Å². The highest BCUT2D eigenvalue weighted by molar-refractivity contribution is 6.03. The Morgan fingerprint density at radius 1 is 1.50 bits per heavy atom. The SMILES string of the molecule is COCC1Nc2cc(C#N)ccc2NC1=O. The summed E-state index contributed by atoms with van der Waals surface area (Å²) in [5, 5.41) is 14.6. The van der Waals surface area contributed by atoms with Crippen LogP contribution in [-0.2, 0) is 9.53 Å². The Bertz CT molecular complexity index is 465. The van der Waals surface area contributed by atoms with Crippen molar-refractivity contribution in [2.75, 3.05) is 24.4 Å². The Hall–Kier alpha value is -2.06. The van der Waals surface area contributed by atoms with E-state index < -0.39 is 6.04 Å². The summed E-state index contributed by atoms with van der Waals surface area (Å²) in [6.07, 6.45) is 0. The average molecular weight is 217 g/mol. The number of nitriles is 1. The zero-order valence-corrected chi connectivity index (χ0v) is 8.78. The van der Waals surface area contributed by atoms with E-state index >= 15 is 0 Å². The molecule has 0 bridgehead atoms. The van der Waals surface area contributed by atoms with Crippen molar-refractivity contribution in [3.8, 4) is 6.07 Å². The Morgan fingerprint density at radius 2 is 2.31 bits per heavy atom. The zero-order chi connectivity index (χ0) is 11.5. The monoisotopic (exact) mass is 217 g/mol. The van der Waals surface area contributed by atoms with Crippen LogP contribution < -0.4 is 10.6 Å². The van der Waals surface area contributed by atoms with Gasteiger partial charge < -0.3 is 15.4 Å². The molecule has 1 heterocycles. The Labute approximate surface area is 93.0 Å². The van der Waals surface area contributed by atoms with Gasteiger partial charge in [0.1, 0.15) is 6.04 Å². The van der Waals surface area contributed by atoms with Crippen LogP contribution in [0, 0.1) is 11.3 Å². The van der Waals surface area contributed by atoms with E-state index in [9.17, 15) is 4.79 Å². The Morgan fingerprint density at radius 3 is 3.00 bits per heavy atom. The first kappa shape index (κ1) is 10.5. The molecule has 1 unspecified atom stereocenters. The molecule has 5 heteroatoms. The van der Waals surface area contributed by atoms with Gasteiger partial charge in [-0.2, -0.15) is 5.26 Å². The first-order valence-corrected chi connectivity index (χ1v) is 4.85. The molecule has 0 fully saturated rings. The maximum absolute atomic E-state index is 11.6. The summed E-state index contributed by atoms with van der Waals surface area (Å²) in [5.41, 5.74) is 2.00. The van der Waals surface area contributed by atoms with Crippen molar-refractivity contribution in [3.63, 3.8) is 0 Å². The Balaban J connectivity index is 2.29. The number of hydrogen-bond acceptors (Lipinski definition) is 4. The summed E-state index contributed by atoms with van der Waals surface area (Å²) in [6.45, 7) is 0.294. The van der Waals surface area contributed by atoms with Crippen molar-refractivity contribution in [1.82, 2.24) is 0 Å². The standard InChI is InChI=1S/C11H11N3O2/c1-16-6-10-11(15)14-8-3-2-7(5-12)4-9(8)13-10/h2-4,10,13H,6H2,1H3,(H,14,15). The molecule has 0 saturated carbocycles. The molecule has 2 rings (SSSR count). The van der Waals surface area contributed by atoms with Crippen LogP contribution in [0.25, 0.3) is 0 Å². The van der Waals surface area contributed by atoms with Gasteiger partial charge in [-0.1, -0.05) is 0 Å². The number of hydrogen-bond donors (Lipinski definition) is 2. The van der Waals surface area contributed by atoms with Crippen LogP contribution in [0.2, 0.25) is 0 Å². The van der Waals surface area contributed by atoms with E-state index in [0.717, 1.165) is 5.69 Å². The van der Waals surface area contributed by atoms with Gasteiger partial charge in [0.05, 0.1) is 29.6 Å². The number of carbonyl (C=O) groups is 1. The van der Waals surface area contributed by atoms with Crippen molar-refractivity contribution < 1.29 is 9.53 Å². The topological polar surface area (TPSA) is 74.2 Å². The van der Waals surface area contributed by atoms with Crippen LogP contribution in [0.15, 0.2) is 18.2 Å². The van der Waals surface area contributed by atoms with E-state index in [-0.39, 0.29) is 5.91 Å². The van der Waals surface area contributed by atoms with Crippen LogP contribution in [0.1, 0.15) is 5.56 Å². The number of nitrogens with zero attached hydrogens (tertiary/aromatic N) is 1. The molecular weight excluding hydrogens is 206 g/mol. The zero-order valence-electron chi connectivity index (χ0n) is 8.78. The number of nitrogens with one attached hydrogen (secondary N) is 2. The second kappa shape index (κ2) is 4.21. The lowest BCUT2D eigenvalue weighted by Crippen LogP contribution is -2.41. The van der Waals surface area contributed by atoms with Crippen LogP contribution in [0.3, 0.4) is 0 Å². The molecule has 0 aliphatic carbocycles. The fourth-order valence-electron chi connectivity index (χ4n) is 1.60. The molecule has 0 spiro atoms. The smallest absolute Gasteiger partial charge is 0.249 e. The van der Waals surface area contributed by atoms with E-state index in [4.69, 9.17) is 10.00 Å². The van der Waals surface area contributed by atoms with E-state index in [1.165, 1.54) is 7.11 Å². The van der Waals surface area contributed by atoms with Gasteiger partial charge in [-0.05, 0) is 18.2 Å². The highest BCUT2D eigenvalue weighted by Gasteiger charge is 2.25. The number of anilines is 2. The number of amides is 1. The molecular formula is C11H11N3O2. The third kappa shape index (κ3) is 1.83. The third-order valence-corrected chi connectivity index (χ3v) is 2.39. The second-order valence-electron chi connectivity index (χ2n) is 3.51. The van der Waals surface area contributed by atoms with Gasteiger partial charge >= 0.3 is 0 Å². The first-order chi connectivity index (χ1) is 7.74. The molecule has 82 valence electrons. The van der Waals surface area contributed by atoms with Gasteiger partial charge in [0.2, 0.25) is 5.91 Å². The fraction of sp³-hybridized carbons (Fsp3) is 0.273. The minimum Gasteiger partial charge on any atom is -0.382 e. The van der Waals surface area contributed by atoms with Crippen molar-refractivity contribution >= 4 is 17.3 Å². The number of methoxy groups -OCH3 is 1. The highest BCUT2D eigenvalue weighted by atomic mass is 16.5. The highest BCUT2D eigenvalue weighted by Crippen LogP contribution is 2.27. The van der Waals surface area contributed by atoms with E-state index in [1.54, 1.807) is 18.2 Å².